The Bertz CT molecular complexity index is 1030. The molecule has 0 bridgehead atoms. The minimum absolute atomic E-state index is 0.0372. The first-order chi connectivity index (χ1) is 13.0. The van der Waals surface area contributed by atoms with Crippen molar-refractivity contribution >= 4 is 33.5 Å². The lowest BCUT2D eigenvalue weighted by atomic mass is 10.2. The predicted octanol–water partition coefficient (Wildman–Crippen LogP) is 2.65. The molecule has 3 aromatic rings. The van der Waals surface area contributed by atoms with E-state index in [0.717, 1.165) is 35.0 Å². The number of carbonyl (C=O) groups is 1. The van der Waals surface area contributed by atoms with Crippen LogP contribution >= 0.6 is 22.7 Å². The molecule has 0 atom stereocenters. The SMILES string of the molecule is CCc1sc(C(=O)N2CCN(Cc3cc(=O)n4ccsc4n3)CC2)cc1C. The molecule has 1 aliphatic heterocycles. The maximum absolute atomic E-state index is 12.8. The van der Waals surface area contributed by atoms with Gasteiger partial charge < -0.3 is 4.90 Å². The normalized spacial score (nSPS) is 15.6. The fourth-order valence-corrected chi connectivity index (χ4v) is 5.26. The number of piperazine rings is 1. The van der Waals surface area contributed by atoms with Gasteiger partial charge in [-0.1, -0.05) is 6.92 Å². The zero-order valence-corrected chi connectivity index (χ0v) is 17.1. The first-order valence-electron chi connectivity index (χ1n) is 9.12. The molecule has 0 aromatic carbocycles. The van der Waals surface area contributed by atoms with Crippen molar-refractivity contribution in [1.82, 2.24) is 19.2 Å². The molecular weight excluding hydrogens is 380 g/mol. The molecule has 1 fully saturated rings. The van der Waals surface area contributed by atoms with Gasteiger partial charge in [-0.15, -0.1) is 22.7 Å². The van der Waals surface area contributed by atoms with Crippen LogP contribution in [0.25, 0.3) is 4.96 Å². The molecule has 6 nitrogen and oxygen atoms in total. The molecule has 4 heterocycles. The highest BCUT2D eigenvalue weighted by atomic mass is 32.1. The van der Waals surface area contributed by atoms with Crippen LogP contribution < -0.4 is 5.56 Å². The molecule has 0 N–H and O–H groups in total. The van der Waals surface area contributed by atoms with Crippen LogP contribution in [0.2, 0.25) is 0 Å². The molecule has 0 saturated carbocycles. The van der Waals surface area contributed by atoms with E-state index < -0.39 is 0 Å². The van der Waals surface area contributed by atoms with E-state index in [-0.39, 0.29) is 11.5 Å². The van der Waals surface area contributed by atoms with Gasteiger partial charge in [0.25, 0.3) is 11.5 Å². The van der Waals surface area contributed by atoms with Crippen LogP contribution in [0.15, 0.2) is 28.5 Å². The van der Waals surface area contributed by atoms with Crippen LogP contribution in [0.3, 0.4) is 0 Å². The minimum atomic E-state index is -0.0372. The number of rotatable bonds is 4. The van der Waals surface area contributed by atoms with Gasteiger partial charge in [-0.25, -0.2) is 4.98 Å². The number of thiophene rings is 1. The summed E-state index contributed by atoms with van der Waals surface area (Å²) in [6.07, 6.45) is 2.72. The molecule has 0 aliphatic carbocycles. The van der Waals surface area contributed by atoms with Crippen LogP contribution in [0.1, 0.15) is 32.7 Å². The summed E-state index contributed by atoms with van der Waals surface area (Å²) in [5.74, 6) is 0.138. The molecular formula is C19H22N4O2S2. The number of hydrogen-bond acceptors (Lipinski definition) is 6. The second-order valence-electron chi connectivity index (χ2n) is 6.78. The number of aryl methyl sites for hydroxylation is 2. The summed E-state index contributed by atoms with van der Waals surface area (Å²) in [7, 11) is 0. The van der Waals surface area contributed by atoms with Gasteiger partial charge in [-0.05, 0) is 25.0 Å². The topological polar surface area (TPSA) is 57.9 Å². The highest BCUT2D eigenvalue weighted by Crippen LogP contribution is 2.24. The molecule has 0 unspecified atom stereocenters. The quantitative estimate of drug-likeness (QED) is 0.673. The summed E-state index contributed by atoms with van der Waals surface area (Å²) in [5, 5.41) is 1.87. The van der Waals surface area contributed by atoms with Crippen LogP contribution in [-0.4, -0.2) is 51.3 Å². The first kappa shape index (κ1) is 18.3. The van der Waals surface area contributed by atoms with Crippen molar-refractivity contribution in [1.29, 1.82) is 0 Å². The molecule has 0 spiro atoms. The second-order valence-corrected chi connectivity index (χ2v) is 8.79. The summed E-state index contributed by atoms with van der Waals surface area (Å²) in [6, 6.07) is 3.63. The average molecular weight is 403 g/mol. The summed E-state index contributed by atoms with van der Waals surface area (Å²) < 4.78 is 1.57. The fraction of sp³-hybridized carbons (Fsp3) is 0.421. The van der Waals surface area contributed by atoms with Crippen molar-refractivity contribution in [3.05, 3.63) is 55.1 Å². The Morgan fingerprint density at radius 2 is 2.00 bits per heavy atom. The zero-order chi connectivity index (χ0) is 19.0. The standard InChI is InChI=1S/C19H22N4O2S2/c1-3-15-13(2)10-16(27-15)18(25)22-6-4-21(5-7-22)12-14-11-17(24)23-8-9-26-19(23)20-14/h8-11H,3-7,12H2,1-2H3. The lowest BCUT2D eigenvalue weighted by Gasteiger charge is -2.34. The summed E-state index contributed by atoms with van der Waals surface area (Å²) in [5.41, 5.74) is 1.97. The van der Waals surface area contributed by atoms with E-state index in [9.17, 15) is 9.59 Å². The van der Waals surface area contributed by atoms with Gasteiger partial charge in [-0.2, -0.15) is 0 Å². The molecule has 0 radical (unpaired) electrons. The first-order valence-corrected chi connectivity index (χ1v) is 10.8. The van der Waals surface area contributed by atoms with Crippen LogP contribution in [0.5, 0.6) is 0 Å². The minimum Gasteiger partial charge on any atom is -0.335 e. The lowest BCUT2D eigenvalue weighted by Crippen LogP contribution is -2.48. The zero-order valence-electron chi connectivity index (χ0n) is 15.5. The third kappa shape index (κ3) is 3.69. The molecule has 27 heavy (non-hydrogen) atoms. The van der Waals surface area contributed by atoms with Crippen LogP contribution in [0, 0.1) is 6.92 Å². The maximum Gasteiger partial charge on any atom is 0.264 e. The van der Waals surface area contributed by atoms with E-state index in [2.05, 4.69) is 23.7 Å². The Morgan fingerprint density at radius 1 is 1.22 bits per heavy atom. The third-order valence-corrected chi connectivity index (χ3v) is 7.08. The molecule has 3 aromatic heterocycles. The second kappa shape index (κ2) is 7.53. The Hall–Kier alpha value is -2.03. The number of carbonyl (C=O) groups excluding carboxylic acids is 1. The van der Waals surface area contributed by atoms with Gasteiger partial charge in [0.2, 0.25) is 0 Å². The third-order valence-electron chi connectivity index (χ3n) is 4.95. The van der Waals surface area contributed by atoms with E-state index in [1.807, 2.05) is 16.3 Å². The highest BCUT2D eigenvalue weighted by Gasteiger charge is 2.24. The number of nitrogens with zero attached hydrogens (tertiary/aromatic N) is 4. The van der Waals surface area contributed by atoms with E-state index in [1.165, 1.54) is 21.8 Å². The van der Waals surface area contributed by atoms with Gasteiger partial charge in [0, 0.05) is 55.2 Å². The lowest BCUT2D eigenvalue weighted by molar-refractivity contribution is 0.0632. The highest BCUT2D eigenvalue weighted by molar-refractivity contribution is 7.15. The smallest absolute Gasteiger partial charge is 0.264 e. The van der Waals surface area contributed by atoms with Crippen LogP contribution in [0.4, 0.5) is 0 Å². The maximum atomic E-state index is 12.8. The fourth-order valence-electron chi connectivity index (χ4n) is 3.44. The van der Waals surface area contributed by atoms with E-state index in [0.29, 0.717) is 19.6 Å². The number of hydrogen-bond donors (Lipinski definition) is 0. The van der Waals surface area contributed by atoms with Crippen molar-refractivity contribution in [2.24, 2.45) is 0 Å². The molecule has 142 valence electrons. The van der Waals surface area contributed by atoms with Gasteiger partial charge in [0.1, 0.15) is 0 Å². The van der Waals surface area contributed by atoms with Crippen molar-refractivity contribution in [3.8, 4) is 0 Å². The van der Waals surface area contributed by atoms with E-state index >= 15 is 0 Å². The van der Waals surface area contributed by atoms with Crippen molar-refractivity contribution in [3.63, 3.8) is 0 Å². The molecule has 1 amide bonds. The number of fused-ring (bicyclic) bond motifs is 1. The van der Waals surface area contributed by atoms with Crippen molar-refractivity contribution in [2.45, 2.75) is 26.8 Å². The largest absolute Gasteiger partial charge is 0.335 e. The predicted molar refractivity (Wildman–Crippen MR) is 109 cm³/mol. The number of thiazole rings is 1. The molecule has 1 saturated heterocycles. The molecule has 4 rings (SSSR count). The monoisotopic (exact) mass is 402 g/mol. The molecule has 1 aliphatic rings. The average Bonchev–Trinajstić information content (AvgIpc) is 3.28. The Morgan fingerprint density at radius 3 is 2.70 bits per heavy atom. The summed E-state index contributed by atoms with van der Waals surface area (Å²) in [4.78, 5) is 36.5. The Balaban J connectivity index is 1.39. The van der Waals surface area contributed by atoms with Crippen LogP contribution in [-0.2, 0) is 13.0 Å². The Labute approximate surface area is 165 Å². The summed E-state index contributed by atoms with van der Waals surface area (Å²) >= 11 is 3.08. The Kier molecular flexibility index (Phi) is 5.12. The van der Waals surface area contributed by atoms with Crippen molar-refractivity contribution in [2.75, 3.05) is 26.2 Å². The summed E-state index contributed by atoms with van der Waals surface area (Å²) in [6.45, 7) is 7.84. The van der Waals surface area contributed by atoms with Gasteiger partial charge >= 0.3 is 0 Å². The van der Waals surface area contributed by atoms with Crippen molar-refractivity contribution < 1.29 is 4.79 Å². The van der Waals surface area contributed by atoms with E-state index in [1.54, 1.807) is 28.0 Å². The van der Waals surface area contributed by atoms with Gasteiger partial charge in [0.15, 0.2) is 4.96 Å². The number of aromatic nitrogens is 2. The number of amides is 1. The molecule has 8 heteroatoms. The van der Waals surface area contributed by atoms with Gasteiger partial charge in [0.05, 0.1) is 10.6 Å². The van der Waals surface area contributed by atoms with E-state index in [4.69, 9.17) is 0 Å². The van der Waals surface area contributed by atoms with Gasteiger partial charge in [-0.3, -0.25) is 18.9 Å².